The number of carbonyl (C=O) groups excluding carboxylic acids is 2. The van der Waals surface area contributed by atoms with Gasteiger partial charge in [-0.1, -0.05) is 13.0 Å². The van der Waals surface area contributed by atoms with Gasteiger partial charge in [0.2, 0.25) is 5.91 Å². The summed E-state index contributed by atoms with van der Waals surface area (Å²) in [7, 11) is 0. The average molecular weight is 403 g/mol. The highest BCUT2D eigenvalue weighted by Crippen LogP contribution is 2.24. The molecule has 1 aliphatic carbocycles. The molecule has 29 heavy (non-hydrogen) atoms. The van der Waals surface area contributed by atoms with Crippen molar-refractivity contribution in [3.05, 3.63) is 29.3 Å². The number of fused-ring (bicyclic) bond motifs is 1. The summed E-state index contributed by atoms with van der Waals surface area (Å²) in [6.45, 7) is 7.76. The summed E-state index contributed by atoms with van der Waals surface area (Å²) in [5.41, 5.74) is 3.56. The zero-order valence-corrected chi connectivity index (χ0v) is 17.7. The summed E-state index contributed by atoms with van der Waals surface area (Å²) in [6, 6.07) is 6.21. The van der Waals surface area contributed by atoms with E-state index in [0.29, 0.717) is 13.1 Å². The first-order chi connectivity index (χ1) is 14.0. The van der Waals surface area contributed by atoms with Crippen molar-refractivity contribution in [2.45, 2.75) is 65.0 Å². The maximum Gasteiger partial charge on any atom is 0.321 e. The van der Waals surface area contributed by atoms with E-state index in [-0.39, 0.29) is 30.4 Å². The molecule has 3 unspecified atom stereocenters. The minimum Gasteiger partial charge on any atom is -0.355 e. The lowest BCUT2D eigenvalue weighted by Gasteiger charge is -2.45. The molecule has 5 N–H and O–H groups in total. The van der Waals surface area contributed by atoms with Crippen LogP contribution in [0.2, 0.25) is 0 Å². The van der Waals surface area contributed by atoms with E-state index in [1.165, 1.54) is 24.5 Å². The molecule has 1 fully saturated rings. The minimum absolute atomic E-state index is 0.0272. The molecule has 3 rings (SSSR count). The summed E-state index contributed by atoms with van der Waals surface area (Å²) in [4.78, 5) is 25.9. The molecular weight excluding hydrogens is 368 g/mol. The summed E-state index contributed by atoms with van der Waals surface area (Å²) in [5.74, 6) is -0.0272. The van der Waals surface area contributed by atoms with Crippen molar-refractivity contribution in [3.8, 4) is 0 Å². The molecule has 3 amide bonds. The van der Waals surface area contributed by atoms with Gasteiger partial charge in [0.05, 0.1) is 6.17 Å². The molecular formula is C21H34N6O2. The topological polar surface area (TPSA) is 97.5 Å². The van der Waals surface area contributed by atoms with Crippen LogP contribution in [0.1, 0.15) is 44.7 Å². The monoisotopic (exact) mass is 402 g/mol. The summed E-state index contributed by atoms with van der Waals surface area (Å²) < 4.78 is 0. The van der Waals surface area contributed by atoms with Crippen molar-refractivity contribution in [2.75, 3.05) is 25.0 Å². The number of urea groups is 1. The second kappa shape index (κ2) is 10.0. The van der Waals surface area contributed by atoms with Gasteiger partial charge >= 0.3 is 6.03 Å². The van der Waals surface area contributed by atoms with E-state index in [9.17, 15) is 9.59 Å². The van der Waals surface area contributed by atoms with Crippen LogP contribution in [0.15, 0.2) is 18.2 Å². The third-order valence-electron chi connectivity index (χ3n) is 5.62. The predicted octanol–water partition coefficient (Wildman–Crippen LogP) is 1.34. The van der Waals surface area contributed by atoms with E-state index in [4.69, 9.17) is 0 Å². The molecule has 1 aromatic rings. The first-order valence-electron chi connectivity index (χ1n) is 10.6. The van der Waals surface area contributed by atoms with Gasteiger partial charge in [0, 0.05) is 38.3 Å². The summed E-state index contributed by atoms with van der Waals surface area (Å²) in [6.07, 6.45) is 4.18. The highest BCUT2D eigenvalue weighted by atomic mass is 16.2. The van der Waals surface area contributed by atoms with E-state index in [1.54, 1.807) is 0 Å². The van der Waals surface area contributed by atoms with Crippen LogP contribution < -0.4 is 26.6 Å². The van der Waals surface area contributed by atoms with Gasteiger partial charge < -0.3 is 16.0 Å². The van der Waals surface area contributed by atoms with Crippen molar-refractivity contribution >= 4 is 17.6 Å². The Morgan fingerprint density at radius 2 is 2.00 bits per heavy atom. The molecule has 1 heterocycles. The number of aryl methyl sites for hydroxylation is 2. The van der Waals surface area contributed by atoms with Gasteiger partial charge in [-0.2, -0.15) is 0 Å². The van der Waals surface area contributed by atoms with Crippen molar-refractivity contribution in [1.82, 2.24) is 26.2 Å². The molecule has 3 atom stereocenters. The van der Waals surface area contributed by atoms with Crippen LogP contribution in [-0.2, 0) is 17.6 Å². The van der Waals surface area contributed by atoms with Crippen molar-refractivity contribution in [3.63, 3.8) is 0 Å². The Morgan fingerprint density at radius 3 is 2.76 bits per heavy atom. The van der Waals surface area contributed by atoms with Gasteiger partial charge in [-0.05, 0) is 55.9 Å². The number of benzene rings is 1. The molecule has 0 saturated carbocycles. The van der Waals surface area contributed by atoms with Gasteiger partial charge in [0.25, 0.3) is 0 Å². The van der Waals surface area contributed by atoms with Gasteiger partial charge in [-0.25, -0.2) is 4.79 Å². The average Bonchev–Trinajstić information content (AvgIpc) is 3.12. The van der Waals surface area contributed by atoms with Gasteiger partial charge in [-0.3, -0.25) is 20.3 Å². The Labute approximate surface area is 173 Å². The molecule has 8 nitrogen and oxygen atoms in total. The molecule has 0 aromatic heterocycles. The molecule has 160 valence electrons. The lowest BCUT2D eigenvalue weighted by Crippen LogP contribution is -2.69. The summed E-state index contributed by atoms with van der Waals surface area (Å²) in [5, 5.41) is 15.8. The number of rotatable bonds is 7. The third-order valence-corrected chi connectivity index (χ3v) is 5.62. The van der Waals surface area contributed by atoms with Gasteiger partial charge in [0.1, 0.15) is 6.29 Å². The zero-order valence-electron chi connectivity index (χ0n) is 17.7. The van der Waals surface area contributed by atoms with Crippen LogP contribution in [0.25, 0.3) is 0 Å². The van der Waals surface area contributed by atoms with Crippen molar-refractivity contribution < 1.29 is 9.59 Å². The van der Waals surface area contributed by atoms with Crippen LogP contribution in [-0.4, -0.2) is 55.0 Å². The van der Waals surface area contributed by atoms with Crippen LogP contribution in [0.5, 0.6) is 0 Å². The predicted molar refractivity (Wildman–Crippen MR) is 114 cm³/mol. The SMILES string of the molecule is CCN1C(NCCNC(C)=O)CC(C)NC1NC(=O)Nc1ccc2c(c1)CCC2. The number of nitrogens with one attached hydrogen (secondary N) is 5. The molecule has 1 aliphatic heterocycles. The molecule has 0 radical (unpaired) electrons. The minimum atomic E-state index is -0.267. The maximum absolute atomic E-state index is 12.6. The van der Waals surface area contributed by atoms with E-state index in [2.05, 4.69) is 57.5 Å². The number of nitrogens with zero attached hydrogens (tertiary/aromatic N) is 1. The number of hydrogen-bond acceptors (Lipinski definition) is 5. The van der Waals surface area contributed by atoms with Gasteiger partial charge in [-0.15, -0.1) is 0 Å². The lowest BCUT2D eigenvalue weighted by molar-refractivity contribution is -0.118. The summed E-state index contributed by atoms with van der Waals surface area (Å²) >= 11 is 0. The van der Waals surface area contributed by atoms with Crippen LogP contribution >= 0.6 is 0 Å². The Kier molecular flexibility index (Phi) is 7.46. The Balaban J connectivity index is 1.55. The quantitative estimate of drug-likeness (QED) is 0.444. The maximum atomic E-state index is 12.6. The fraction of sp³-hybridized carbons (Fsp3) is 0.619. The Morgan fingerprint density at radius 1 is 1.21 bits per heavy atom. The standard InChI is InChI=1S/C21H34N6O2/c1-4-27-19(23-11-10-22-15(3)28)12-14(2)24-20(27)26-21(29)25-18-9-8-16-6-5-7-17(16)13-18/h8-9,13-14,19-20,23-24H,4-7,10-12H2,1-3H3,(H,22,28)(H2,25,26,29). The third kappa shape index (κ3) is 5.91. The fourth-order valence-electron chi connectivity index (χ4n) is 4.23. The number of carbonyl (C=O) groups is 2. The van der Waals surface area contributed by atoms with Gasteiger partial charge in [0.15, 0.2) is 0 Å². The number of anilines is 1. The van der Waals surface area contributed by atoms with Crippen LogP contribution in [0.4, 0.5) is 10.5 Å². The van der Waals surface area contributed by atoms with Crippen LogP contribution in [0, 0.1) is 0 Å². The smallest absolute Gasteiger partial charge is 0.321 e. The lowest BCUT2D eigenvalue weighted by atomic mass is 10.1. The normalized spacial score (nSPS) is 24.0. The van der Waals surface area contributed by atoms with E-state index in [1.807, 2.05) is 6.07 Å². The highest BCUT2D eigenvalue weighted by molar-refractivity contribution is 5.89. The molecule has 2 aliphatic rings. The second-order valence-corrected chi connectivity index (χ2v) is 7.92. The molecule has 0 bridgehead atoms. The van der Waals surface area contributed by atoms with Crippen molar-refractivity contribution in [1.29, 1.82) is 0 Å². The largest absolute Gasteiger partial charge is 0.355 e. The Bertz CT molecular complexity index is 725. The first kappa shape index (κ1) is 21.5. The molecule has 1 aromatic carbocycles. The van der Waals surface area contributed by atoms with Crippen LogP contribution in [0.3, 0.4) is 0 Å². The highest BCUT2D eigenvalue weighted by Gasteiger charge is 2.33. The van der Waals surface area contributed by atoms with Crippen molar-refractivity contribution in [2.24, 2.45) is 0 Å². The molecule has 8 heteroatoms. The number of hydrogen-bond donors (Lipinski definition) is 5. The molecule has 1 saturated heterocycles. The van der Waals surface area contributed by atoms with E-state index in [0.717, 1.165) is 31.5 Å². The first-order valence-corrected chi connectivity index (χ1v) is 10.6. The Hall–Kier alpha value is -2.16. The second-order valence-electron chi connectivity index (χ2n) is 7.92. The number of amides is 3. The zero-order chi connectivity index (χ0) is 20.8. The fourth-order valence-corrected chi connectivity index (χ4v) is 4.23. The van der Waals surface area contributed by atoms with E-state index >= 15 is 0 Å². The molecule has 0 spiro atoms. The van der Waals surface area contributed by atoms with E-state index < -0.39 is 0 Å².